The summed E-state index contributed by atoms with van der Waals surface area (Å²) in [4.78, 5) is 0. The number of aryl methyl sites for hydroxylation is 1. The molecule has 0 aliphatic rings. The Kier molecular flexibility index (Phi) is 2.56. The van der Waals surface area contributed by atoms with Crippen molar-refractivity contribution in [3.63, 3.8) is 0 Å². The van der Waals surface area contributed by atoms with E-state index in [1.165, 1.54) is 22.0 Å². The lowest BCUT2D eigenvalue weighted by atomic mass is 10.0. The zero-order chi connectivity index (χ0) is 12.5. The highest BCUT2D eigenvalue weighted by Gasteiger charge is 2.08. The standard InChI is InChI=1S/C16H15NO/c1-17-11-15(14-8-3-4-9-16(14)17)12-6-5-7-13(10-12)18-2/h3-11H,1-2H3. The molecule has 3 rings (SSSR count). The van der Waals surface area contributed by atoms with Crippen molar-refractivity contribution in [1.29, 1.82) is 0 Å². The second-order valence-electron chi connectivity index (χ2n) is 4.40. The fraction of sp³-hybridized carbons (Fsp3) is 0.125. The van der Waals surface area contributed by atoms with Crippen LogP contribution < -0.4 is 4.74 Å². The monoisotopic (exact) mass is 237 g/mol. The van der Waals surface area contributed by atoms with E-state index in [0.29, 0.717) is 0 Å². The summed E-state index contributed by atoms with van der Waals surface area (Å²) in [5, 5.41) is 1.27. The van der Waals surface area contributed by atoms with Gasteiger partial charge in [0.15, 0.2) is 0 Å². The van der Waals surface area contributed by atoms with Crippen LogP contribution in [0.15, 0.2) is 54.7 Å². The van der Waals surface area contributed by atoms with E-state index >= 15 is 0 Å². The molecule has 0 fully saturated rings. The average molecular weight is 237 g/mol. The number of para-hydroxylation sites is 1. The Bertz CT molecular complexity index is 697. The Labute approximate surface area is 106 Å². The van der Waals surface area contributed by atoms with Gasteiger partial charge in [-0.05, 0) is 23.8 Å². The van der Waals surface area contributed by atoms with Crippen molar-refractivity contribution >= 4 is 10.9 Å². The van der Waals surface area contributed by atoms with Gasteiger partial charge in [-0.2, -0.15) is 0 Å². The van der Waals surface area contributed by atoms with Crippen molar-refractivity contribution in [1.82, 2.24) is 4.57 Å². The van der Waals surface area contributed by atoms with E-state index in [9.17, 15) is 0 Å². The third-order valence-electron chi connectivity index (χ3n) is 3.28. The molecule has 0 N–H and O–H groups in total. The zero-order valence-electron chi connectivity index (χ0n) is 10.6. The Morgan fingerprint density at radius 2 is 1.83 bits per heavy atom. The maximum absolute atomic E-state index is 5.29. The van der Waals surface area contributed by atoms with Crippen LogP contribution in [0.2, 0.25) is 0 Å². The number of fused-ring (bicyclic) bond motifs is 1. The first-order chi connectivity index (χ1) is 8.79. The maximum atomic E-state index is 5.29. The molecule has 1 heterocycles. The highest BCUT2D eigenvalue weighted by Crippen LogP contribution is 2.31. The number of aromatic nitrogens is 1. The van der Waals surface area contributed by atoms with Gasteiger partial charge in [0.2, 0.25) is 0 Å². The Balaban J connectivity index is 2.25. The van der Waals surface area contributed by atoms with Crippen molar-refractivity contribution < 1.29 is 4.74 Å². The van der Waals surface area contributed by atoms with Crippen LogP contribution in [-0.2, 0) is 7.05 Å². The molecule has 2 heteroatoms. The Hall–Kier alpha value is -2.22. The van der Waals surface area contributed by atoms with Crippen molar-refractivity contribution in [3.05, 3.63) is 54.7 Å². The summed E-state index contributed by atoms with van der Waals surface area (Å²) < 4.78 is 7.45. The van der Waals surface area contributed by atoms with Crippen LogP contribution in [0.3, 0.4) is 0 Å². The van der Waals surface area contributed by atoms with Gasteiger partial charge in [0, 0.05) is 29.7 Å². The number of hydrogen-bond acceptors (Lipinski definition) is 1. The summed E-state index contributed by atoms with van der Waals surface area (Å²) in [5.74, 6) is 0.889. The Morgan fingerprint density at radius 1 is 1.00 bits per heavy atom. The third kappa shape index (κ3) is 1.66. The average Bonchev–Trinajstić information content (AvgIpc) is 2.77. The fourth-order valence-electron chi connectivity index (χ4n) is 2.36. The largest absolute Gasteiger partial charge is 0.497 e. The minimum absolute atomic E-state index is 0.889. The molecular formula is C16H15NO. The van der Waals surface area contributed by atoms with Crippen molar-refractivity contribution in [2.75, 3.05) is 7.11 Å². The SMILES string of the molecule is COc1cccc(-c2cn(C)c3ccccc23)c1. The minimum atomic E-state index is 0.889. The van der Waals surface area contributed by atoms with E-state index in [2.05, 4.69) is 54.2 Å². The molecule has 0 atom stereocenters. The normalized spacial score (nSPS) is 10.8. The van der Waals surface area contributed by atoms with Gasteiger partial charge in [-0.1, -0.05) is 30.3 Å². The topological polar surface area (TPSA) is 14.2 Å². The molecule has 0 unspecified atom stereocenters. The van der Waals surface area contributed by atoms with E-state index in [1.54, 1.807) is 7.11 Å². The zero-order valence-corrected chi connectivity index (χ0v) is 10.6. The summed E-state index contributed by atoms with van der Waals surface area (Å²) in [7, 11) is 3.77. The smallest absolute Gasteiger partial charge is 0.119 e. The lowest BCUT2D eigenvalue weighted by Gasteiger charge is -2.03. The predicted octanol–water partition coefficient (Wildman–Crippen LogP) is 3.85. The molecule has 1 aromatic heterocycles. The van der Waals surface area contributed by atoms with Gasteiger partial charge >= 0.3 is 0 Å². The van der Waals surface area contributed by atoms with E-state index in [4.69, 9.17) is 4.74 Å². The lowest BCUT2D eigenvalue weighted by Crippen LogP contribution is -1.83. The molecule has 90 valence electrons. The van der Waals surface area contributed by atoms with E-state index in [-0.39, 0.29) is 0 Å². The van der Waals surface area contributed by atoms with Crippen LogP contribution in [0.25, 0.3) is 22.0 Å². The van der Waals surface area contributed by atoms with Gasteiger partial charge in [-0.15, -0.1) is 0 Å². The van der Waals surface area contributed by atoms with Crippen molar-refractivity contribution in [2.45, 2.75) is 0 Å². The van der Waals surface area contributed by atoms with Gasteiger partial charge in [-0.3, -0.25) is 0 Å². The van der Waals surface area contributed by atoms with Crippen LogP contribution in [-0.4, -0.2) is 11.7 Å². The van der Waals surface area contributed by atoms with Crippen LogP contribution in [0.1, 0.15) is 0 Å². The summed E-state index contributed by atoms with van der Waals surface area (Å²) in [6, 6.07) is 16.6. The molecule has 0 aliphatic heterocycles. The molecule has 0 aliphatic carbocycles. The number of nitrogens with zero attached hydrogens (tertiary/aromatic N) is 1. The molecule has 2 aromatic carbocycles. The van der Waals surface area contributed by atoms with Gasteiger partial charge < -0.3 is 9.30 Å². The number of ether oxygens (including phenoxy) is 1. The second kappa shape index (κ2) is 4.22. The van der Waals surface area contributed by atoms with Crippen LogP contribution in [0, 0.1) is 0 Å². The van der Waals surface area contributed by atoms with E-state index < -0.39 is 0 Å². The van der Waals surface area contributed by atoms with Crippen LogP contribution >= 0.6 is 0 Å². The number of hydrogen-bond donors (Lipinski definition) is 0. The fourth-order valence-corrected chi connectivity index (χ4v) is 2.36. The first-order valence-corrected chi connectivity index (χ1v) is 5.98. The molecule has 2 nitrogen and oxygen atoms in total. The lowest BCUT2D eigenvalue weighted by molar-refractivity contribution is 0.415. The van der Waals surface area contributed by atoms with Crippen molar-refractivity contribution in [3.8, 4) is 16.9 Å². The van der Waals surface area contributed by atoms with E-state index in [1.807, 2.05) is 12.1 Å². The highest BCUT2D eigenvalue weighted by atomic mass is 16.5. The number of methoxy groups -OCH3 is 1. The van der Waals surface area contributed by atoms with Gasteiger partial charge in [-0.25, -0.2) is 0 Å². The van der Waals surface area contributed by atoms with Gasteiger partial charge in [0.05, 0.1) is 7.11 Å². The minimum Gasteiger partial charge on any atom is -0.497 e. The molecular weight excluding hydrogens is 222 g/mol. The molecule has 0 radical (unpaired) electrons. The third-order valence-corrected chi connectivity index (χ3v) is 3.28. The second-order valence-corrected chi connectivity index (χ2v) is 4.40. The quantitative estimate of drug-likeness (QED) is 0.660. The predicted molar refractivity (Wildman–Crippen MR) is 74.9 cm³/mol. The highest BCUT2D eigenvalue weighted by molar-refractivity contribution is 5.96. The van der Waals surface area contributed by atoms with Gasteiger partial charge in [0.25, 0.3) is 0 Å². The maximum Gasteiger partial charge on any atom is 0.119 e. The summed E-state index contributed by atoms with van der Waals surface area (Å²) >= 11 is 0. The first-order valence-electron chi connectivity index (χ1n) is 5.98. The van der Waals surface area contributed by atoms with E-state index in [0.717, 1.165) is 5.75 Å². The molecule has 0 saturated carbocycles. The molecule has 3 aromatic rings. The summed E-state index contributed by atoms with van der Waals surface area (Å²) in [6.45, 7) is 0. The molecule has 0 bridgehead atoms. The number of benzene rings is 2. The Morgan fingerprint density at radius 3 is 2.67 bits per heavy atom. The van der Waals surface area contributed by atoms with Crippen LogP contribution in [0.4, 0.5) is 0 Å². The van der Waals surface area contributed by atoms with Gasteiger partial charge in [0.1, 0.15) is 5.75 Å². The summed E-state index contributed by atoms with van der Waals surface area (Å²) in [6.07, 6.45) is 2.17. The molecule has 0 saturated heterocycles. The molecule has 0 spiro atoms. The van der Waals surface area contributed by atoms with Crippen molar-refractivity contribution in [2.24, 2.45) is 7.05 Å². The first kappa shape index (κ1) is 10.9. The molecule has 18 heavy (non-hydrogen) atoms. The number of rotatable bonds is 2. The molecule has 0 amide bonds. The summed E-state index contributed by atoms with van der Waals surface area (Å²) in [5.41, 5.74) is 3.67. The van der Waals surface area contributed by atoms with Crippen LogP contribution in [0.5, 0.6) is 5.75 Å².